The van der Waals surface area contributed by atoms with Crippen LogP contribution in [0.3, 0.4) is 0 Å². The first kappa shape index (κ1) is 22.8. The van der Waals surface area contributed by atoms with Crippen molar-refractivity contribution in [3.8, 4) is 5.75 Å². The van der Waals surface area contributed by atoms with Crippen molar-refractivity contribution < 1.29 is 14.3 Å². The highest BCUT2D eigenvalue weighted by atomic mass is 28.3. The molecular formula is C24H33NO3Si. The van der Waals surface area contributed by atoms with Gasteiger partial charge in [0.1, 0.15) is 11.4 Å². The summed E-state index contributed by atoms with van der Waals surface area (Å²) in [6.45, 7) is 12.4. The van der Waals surface area contributed by atoms with Crippen molar-refractivity contribution in [1.29, 1.82) is 0 Å². The van der Waals surface area contributed by atoms with Crippen molar-refractivity contribution in [2.45, 2.75) is 51.7 Å². The van der Waals surface area contributed by atoms with Crippen LogP contribution >= 0.6 is 0 Å². The van der Waals surface area contributed by atoms with E-state index in [0.29, 0.717) is 0 Å². The van der Waals surface area contributed by atoms with Crippen LogP contribution in [-0.2, 0) is 4.74 Å². The van der Waals surface area contributed by atoms with Gasteiger partial charge in [-0.25, -0.2) is 4.79 Å². The minimum atomic E-state index is -1.84. The molecule has 0 unspecified atom stereocenters. The topological polar surface area (TPSA) is 38.8 Å². The normalized spacial score (nSPS) is 13.2. The lowest BCUT2D eigenvalue weighted by Gasteiger charge is -2.38. The van der Waals surface area contributed by atoms with Gasteiger partial charge in [-0.05, 0) is 50.6 Å². The number of rotatable bonds is 6. The molecule has 4 nitrogen and oxygen atoms in total. The summed E-state index contributed by atoms with van der Waals surface area (Å²) in [5, 5.41) is 0. The third kappa shape index (κ3) is 6.78. The summed E-state index contributed by atoms with van der Waals surface area (Å²) >= 11 is 0. The highest BCUT2D eigenvalue weighted by molar-refractivity contribution is 6.79. The molecule has 2 rings (SSSR count). The molecule has 0 bridgehead atoms. The SMILES string of the molecule is COc1ccc(N(C(=O)OC(C)(C)C)[C@H](/C=C/c2ccccc2)[Si](C)(C)C)cc1. The Morgan fingerprint density at radius 3 is 2.07 bits per heavy atom. The predicted octanol–water partition coefficient (Wildman–Crippen LogP) is 6.40. The van der Waals surface area contributed by atoms with Crippen molar-refractivity contribution in [2.24, 2.45) is 0 Å². The molecule has 0 saturated heterocycles. The number of anilines is 1. The third-order valence-corrected chi connectivity index (χ3v) is 6.60. The molecule has 1 amide bonds. The fourth-order valence-electron chi connectivity index (χ4n) is 2.96. The molecule has 0 aliphatic rings. The highest BCUT2D eigenvalue weighted by Crippen LogP contribution is 2.28. The molecule has 0 aliphatic carbocycles. The summed E-state index contributed by atoms with van der Waals surface area (Å²) in [7, 11) is -0.206. The number of hydrogen-bond acceptors (Lipinski definition) is 3. The maximum absolute atomic E-state index is 13.3. The number of hydrogen-bond donors (Lipinski definition) is 0. The molecule has 2 aromatic rings. The van der Waals surface area contributed by atoms with Gasteiger partial charge < -0.3 is 9.47 Å². The van der Waals surface area contributed by atoms with E-state index in [4.69, 9.17) is 9.47 Å². The Bertz CT molecular complexity index is 818. The summed E-state index contributed by atoms with van der Waals surface area (Å²) < 4.78 is 11.1. The Kier molecular flexibility index (Phi) is 7.30. The lowest BCUT2D eigenvalue weighted by molar-refractivity contribution is 0.0579. The molecule has 1 atom stereocenters. The maximum atomic E-state index is 13.3. The van der Waals surface area contributed by atoms with Crippen LogP contribution in [0.5, 0.6) is 5.75 Å². The van der Waals surface area contributed by atoms with E-state index in [9.17, 15) is 4.79 Å². The second kappa shape index (κ2) is 9.31. The summed E-state index contributed by atoms with van der Waals surface area (Å²) in [6, 6.07) is 17.7. The number of benzene rings is 2. The smallest absolute Gasteiger partial charge is 0.415 e. The highest BCUT2D eigenvalue weighted by Gasteiger charge is 2.36. The molecule has 0 radical (unpaired) electrons. The Morgan fingerprint density at radius 1 is 1.00 bits per heavy atom. The van der Waals surface area contributed by atoms with Gasteiger partial charge in [0.05, 0.1) is 15.2 Å². The maximum Gasteiger partial charge on any atom is 0.415 e. The third-order valence-electron chi connectivity index (χ3n) is 4.38. The second-order valence-electron chi connectivity index (χ2n) is 9.13. The van der Waals surface area contributed by atoms with Crippen LogP contribution in [0.25, 0.3) is 6.08 Å². The Labute approximate surface area is 176 Å². The van der Waals surface area contributed by atoms with Crippen molar-refractivity contribution in [3.05, 3.63) is 66.2 Å². The summed E-state index contributed by atoms with van der Waals surface area (Å²) in [6.07, 6.45) is 3.88. The van der Waals surface area contributed by atoms with Crippen LogP contribution in [0, 0.1) is 0 Å². The molecule has 0 heterocycles. The fraction of sp³-hybridized carbons (Fsp3) is 0.375. The number of methoxy groups -OCH3 is 1. The van der Waals surface area contributed by atoms with Gasteiger partial charge >= 0.3 is 6.09 Å². The first-order valence-corrected chi connectivity index (χ1v) is 13.5. The monoisotopic (exact) mass is 411 g/mol. The van der Waals surface area contributed by atoms with Crippen LogP contribution in [0.15, 0.2) is 60.7 Å². The van der Waals surface area contributed by atoms with Crippen molar-refractivity contribution >= 4 is 25.9 Å². The van der Waals surface area contributed by atoms with E-state index < -0.39 is 13.7 Å². The number of carbonyl (C=O) groups is 1. The number of ether oxygens (including phenoxy) is 2. The molecule has 0 aliphatic heterocycles. The summed E-state index contributed by atoms with van der Waals surface area (Å²) in [4.78, 5) is 15.1. The Morgan fingerprint density at radius 2 is 1.59 bits per heavy atom. The fourth-order valence-corrected chi connectivity index (χ4v) is 4.66. The zero-order valence-corrected chi connectivity index (χ0v) is 19.6. The van der Waals surface area contributed by atoms with Crippen molar-refractivity contribution in [1.82, 2.24) is 0 Å². The van der Waals surface area contributed by atoms with Gasteiger partial charge in [-0.15, -0.1) is 0 Å². The molecule has 0 aromatic heterocycles. The minimum absolute atomic E-state index is 0.0778. The van der Waals surface area contributed by atoms with Gasteiger partial charge in [0.25, 0.3) is 0 Å². The number of nitrogens with zero attached hydrogens (tertiary/aromatic N) is 1. The number of amides is 1. The predicted molar refractivity (Wildman–Crippen MR) is 124 cm³/mol. The van der Waals surface area contributed by atoms with Crippen LogP contribution in [0.1, 0.15) is 26.3 Å². The van der Waals surface area contributed by atoms with Gasteiger partial charge in [0, 0.05) is 11.4 Å². The van der Waals surface area contributed by atoms with Crippen molar-refractivity contribution in [2.75, 3.05) is 12.0 Å². The van der Waals surface area contributed by atoms with Gasteiger partial charge in [0.15, 0.2) is 0 Å². The molecule has 0 saturated carbocycles. The van der Waals surface area contributed by atoms with Gasteiger partial charge in [-0.3, -0.25) is 4.90 Å². The average Bonchev–Trinajstić information content (AvgIpc) is 2.63. The van der Waals surface area contributed by atoms with E-state index >= 15 is 0 Å². The molecular weight excluding hydrogens is 378 g/mol. The standard InChI is InChI=1S/C24H33NO3Si/c1-24(2,3)28-23(26)25(20-14-16-21(27-4)17-15-20)22(29(5,6)7)18-13-19-11-9-8-10-12-19/h8-18,22H,1-7H3/b18-13+/t22-/m0/s1. The lowest BCUT2D eigenvalue weighted by Crippen LogP contribution is -2.54. The molecule has 0 spiro atoms. The largest absolute Gasteiger partial charge is 0.497 e. The van der Waals surface area contributed by atoms with Crippen LogP contribution in [-0.4, -0.2) is 32.5 Å². The minimum Gasteiger partial charge on any atom is -0.497 e. The van der Waals surface area contributed by atoms with Gasteiger partial charge in [-0.1, -0.05) is 62.1 Å². The van der Waals surface area contributed by atoms with Crippen LogP contribution < -0.4 is 9.64 Å². The quantitative estimate of drug-likeness (QED) is 0.517. The molecule has 0 N–H and O–H groups in total. The van der Waals surface area contributed by atoms with Crippen LogP contribution in [0.4, 0.5) is 10.5 Å². The van der Waals surface area contributed by atoms with Gasteiger partial charge in [0.2, 0.25) is 0 Å². The van der Waals surface area contributed by atoms with E-state index in [-0.39, 0.29) is 11.8 Å². The van der Waals surface area contributed by atoms with Crippen molar-refractivity contribution in [3.63, 3.8) is 0 Å². The van der Waals surface area contributed by atoms with E-state index in [0.717, 1.165) is 17.0 Å². The van der Waals surface area contributed by atoms with E-state index in [2.05, 4.69) is 43.9 Å². The lowest BCUT2D eigenvalue weighted by atomic mass is 10.2. The average molecular weight is 412 g/mol. The molecule has 29 heavy (non-hydrogen) atoms. The summed E-state index contributed by atoms with van der Waals surface area (Å²) in [5.74, 6) is 0.752. The van der Waals surface area contributed by atoms with E-state index in [1.54, 1.807) is 12.0 Å². The molecule has 0 fully saturated rings. The Balaban J connectivity index is 2.50. The van der Waals surface area contributed by atoms with E-state index in [1.807, 2.05) is 63.2 Å². The molecule has 156 valence electrons. The molecule has 2 aromatic carbocycles. The Hall–Kier alpha value is -2.53. The zero-order valence-electron chi connectivity index (χ0n) is 18.6. The second-order valence-corrected chi connectivity index (χ2v) is 14.5. The number of carbonyl (C=O) groups excluding carboxylic acids is 1. The van der Waals surface area contributed by atoms with Gasteiger partial charge in [-0.2, -0.15) is 0 Å². The first-order valence-electron chi connectivity index (χ1n) is 9.91. The first-order chi connectivity index (χ1) is 13.5. The van der Waals surface area contributed by atoms with E-state index in [1.165, 1.54) is 0 Å². The summed E-state index contributed by atoms with van der Waals surface area (Å²) in [5.41, 5.74) is 1.25. The van der Waals surface area contributed by atoms with Crippen LogP contribution in [0.2, 0.25) is 19.6 Å². The molecule has 5 heteroatoms. The zero-order chi connectivity index (χ0) is 21.7.